The summed E-state index contributed by atoms with van der Waals surface area (Å²) in [7, 11) is 0. The van der Waals surface area contributed by atoms with Crippen LogP contribution in [0.2, 0.25) is 0 Å². The van der Waals surface area contributed by atoms with Crippen LogP contribution >= 0.6 is 23.5 Å². The maximum atomic E-state index is 13.5. The van der Waals surface area contributed by atoms with Gasteiger partial charge in [-0.05, 0) is 37.1 Å². The lowest BCUT2D eigenvalue weighted by atomic mass is 10.2. The molecule has 1 amide bonds. The lowest BCUT2D eigenvalue weighted by Crippen LogP contribution is -2.22. The van der Waals surface area contributed by atoms with Crippen molar-refractivity contribution in [3.05, 3.63) is 29.6 Å². The Morgan fingerprint density at radius 3 is 2.50 bits per heavy atom. The number of nitrogens with one attached hydrogen (secondary N) is 1. The summed E-state index contributed by atoms with van der Waals surface area (Å²) in [5.74, 6) is -0.572. The molecule has 0 saturated heterocycles. The zero-order chi connectivity index (χ0) is 12.1. The lowest BCUT2D eigenvalue weighted by molar-refractivity contribution is -0.114. The minimum atomic E-state index is -0.394. The number of anilines is 1. The fourth-order valence-corrected chi connectivity index (χ4v) is 2.54. The van der Waals surface area contributed by atoms with Crippen molar-refractivity contribution in [2.75, 3.05) is 17.8 Å². The van der Waals surface area contributed by atoms with E-state index in [1.54, 1.807) is 19.1 Å². The van der Waals surface area contributed by atoms with Gasteiger partial charge in [-0.15, -0.1) is 23.5 Å². The fourth-order valence-electron chi connectivity index (χ4n) is 1.22. The number of rotatable bonds is 4. The van der Waals surface area contributed by atoms with Crippen LogP contribution in [0.5, 0.6) is 0 Å². The Hall–Kier alpha value is -0.680. The molecule has 5 heteroatoms. The highest BCUT2D eigenvalue weighted by atomic mass is 32.2. The van der Waals surface area contributed by atoms with E-state index >= 15 is 0 Å². The Morgan fingerprint density at radius 2 is 2.00 bits per heavy atom. The van der Waals surface area contributed by atoms with Gasteiger partial charge in [-0.25, -0.2) is 4.39 Å². The molecule has 1 N–H and O–H groups in total. The first kappa shape index (κ1) is 13.4. The standard InChI is InChI=1S/C11H14FNOS2/c1-7-4-5-9(8(12)6-7)13-10(14)11(15-2)16-3/h4-6,11H,1-3H3,(H,13,14). The van der Waals surface area contributed by atoms with Gasteiger partial charge in [0.2, 0.25) is 5.91 Å². The van der Waals surface area contributed by atoms with Crippen LogP contribution in [-0.4, -0.2) is 23.0 Å². The summed E-state index contributed by atoms with van der Waals surface area (Å²) in [6, 6.07) is 4.76. The number of hydrogen-bond donors (Lipinski definition) is 1. The number of carbonyl (C=O) groups excluding carboxylic acids is 1. The minimum absolute atomic E-state index is 0.178. The molecule has 0 aliphatic rings. The first-order valence-electron chi connectivity index (χ1n) is 4.71. The zero-order valence-electron chi connectivity index (χ0n) is 9.41. The van der Waals surface area contributed by atoms with Gasteiger partial charge in [0.25, 0.3) is 0 Å². The molecule has 88 valence electrons. The van der Waals surface area contributed by atoms with Crippen molar-refractivity contribution in [3.63, 3.8) is 0 Å². The second-order valence-electron chi connectivity index (χ2n) is 3.28. The summed E-state index contributed by atoms with van der Waals surface area (Å²) in [5, 5.41) is 2.58. The quantitative estimate of drug-likeness (QED) is 0.842. The van der Waals surface area contributed by atoms with E-state index in [0.29, 0.717) is 0 Å². The topological polar surface area (TPSA) is 29.1 Å². The number of amides is 1. The predicted octanol–water partition coefficient (Wildman–Crippen LogP) is 3.12. The van der Waals surface area contributed by atoms with Crippen molar-refractivity contribution in [1.29, 1.82) is 0 Å². The summed E-state index contributed by atoms with van der Waals surface area (Å²) < 4.78 is 13.2. The molecule has 0 bridgehead atoms. The molecule has 0 atom stereocenters. The van der Waals surface area contributed by atoms with E-state index in [0.717, 1.165) is 5.56 Å². The first-order chi connectivity index (χ1) is 7.58. The second kappa shape index (κ2) is 6.15. The monoisotopic (exact) mass is 259 g/mol. The van der Waals surface area contributed by atoms with Gasteiger partial charge in [0.15, 0.2) is 0 Å². The van der Waals surface area contributed by atoms with Gasteiger partial charge in [0.05, 0.1) is 5.69 Å². The molecule has 1 rings (SSSR count). The summed E-state index contributed by atoms with van der Waals surface area (Å²) in [6.45, 7) is 1.81. The number of hydrogen-bond acceptors (Lipinski definition) is 3. The van der Waals surface area contributed by atoms with Crippen molar-refractivity contribution in [2.24, 2.45) is 0 Å². The maximum absolute atomic E-state index is 13.5. The molecular weight excluding hydrogens is 245 g/mol. The third kappa shape index (κ3) is 3.42. The molecule has 0 fully saturated rings. The van der Waals surface area contributed by atoms with Crippen LogP contribution in [0.25, 0.3) is 0 Å². The highest BCUT2D eigenvalue weighted by molar-refractivity contribution is 8.17. The SMILES string of the molecule is CSC(SC)C(=O)Nc1ccc(C)cc1F. The van der Waals surface area contributed by atoms with Crippen molar-refractivity contribution in [2.45, 2.75) is 11.5 Å². The molecule has 0 unspecified atom stereocenters. The van der Waals surface area contributed by atoms with Gasteiger partial charge in [-0.1, -0.05) is 6.07 Å². The van der Waals surface area contributed by atoms with Gasteiger partial charge < -0.3 is 5.32 Å². The van der Waals surface area contributed by atoms with Crippen LogP contribution in [-0.2, 0) is 4.79 Å². The average Bonchev–Trinajstić information content (AvgIpc) is 2.24. The van der Waals surface area contributed by atoms with Crippen LogP contribution in [0.3, 0.4) is 0 Å². The summed E-state index contributed by atoms with van der Waals surface area (Å²) in [6.07, 6.45) is 3.71. The van der Waals surface area contributed by atoms with Crippen LogP contribution in [0, 0.1) is 12.7 Å². The van der Waals surface area contributed by atoms with Crippen molar-refractivity contribution in [3.8, 4) is 0 Å². The largest absolute Gasteiger partial charge is 0.322 e. The Labute approximate surface area is 103 Å². The molecule has 2 nitrogen and oxygen atoms in total. The molecule has 0 spiro atoms. The third-order valence-electron chi connectivity index (χ3n) is 2.02. The van der Waals surface area contributed by atoms with Crippen LogP contribution in [0.15, 0.2) is 18.2 Å². The molecule has 0 aromatic heterocycles. The van der Waals surface area contributed by atoms with Gasteiger partial charge in [-0.2, -0.15) is 0 Å². The number of aryl methyl sites for hydroxylation is 1. The van der Waals surface area contributed by atoms with Crippen molar-refractivity contribution in [1.82, 2.24) is 0 Å². The van der Waals surface area contributed by atoms with Gasteiger partial charge >= 0.3 is 0 Å². The zero-order valence-corrected chi connectivity index (χ0v) is 11.0. The van der Waals surface area contributed by atoms with Crippen LogP contribution in [0.1, 0.15) is 5.56 Å². The minimum Gasteiger partial charge on any atom is -0.322 e. The van der Waals surface area contributed by atoms with Crippen molar-refractivity contribution >= 4 is 35.1 Å². The second-order valence-corrected chi connectivity index (χ2v) is 5.46. The van der Waals surface area contributed by atoms with E-state index in [4.69, 9.17) is 0 Å². The molecule has 0 aliphatic carbocycles. The molecule has 0 aliphatic heterocycles. The number of halogens is 1. The van der Waals surface area contributed by atoms with Crippen LogP contribution in [0.4, 0.5) is 10.1 Å². The Bertz CT molecular complexity index is 380. The number of benzene rings is 1. The van der Waals surface area contributed by atoms with E-state index in [9.17, 15) is 9.18 Å². The van der Waals surface area contributed by atoms with Gasteiger partial charge in [-0.3, -0.25) is 4.79 Å². The van der Waals surface area contributed by atoms with E-state index in [-0.39, 0.29) is 16.2 Å². The normalized spacial score (nSPS) is 10.6. The van der Waals surface area contributed by atoms with Gasteiger partial charge in [0.1, 0.15) is 10.4 Å². The number of thioether (sulfide) groups is 2. The first-order valence-corrected chi connectivity index (χ1v) is 7.28. The van der Waals surface area contributed by atoms with Crippen molar-refractivity contribution < 1.29 is 9.18 Å². The Balaban J connectivity index is 2.76. The molecule has 0 heterocycles. The van der Waals surface area contributed by atoms with Crippen LogP contribution < -0.4 is 5.32 Å². The summed E-state index contributed by atoms with van der Waals surface area (Å²) >= 11 is 2.87. The molecular formula is C11H14FNOS2. The summed E-state index contributed by atoms with van der Waals surface area (Å²) in [5.41, 5.74) is 1.07. The highest BCUT2D eigenvalue weighted by Crippen LogP contribution is 2.22. The molecule has 0 saturated carbocycles. The highest BCUT2D eigenvalue weighted by Gasteiger charge is 2.16. The fraction of sp³-hybridized carbons (Fsp3) is 0.364. The average molecular weight is 259 g/mol. The lowest BCUT2D eigenvalue weighted by Gasteiger charge is -2.12. The molecule has 0 radical (unpaired) electrons. The predicted molar refractivity (Wildman–Crippen MR) is 70.6 cm³/mol. The smallest absolute Gasteiger partial charge is 0.247 e. The van der Waals surface area contributed by atoms with E-state index in [1.165, 1.54) is 29.6 Å². The maximum Gasteiger partial charge on any atom is 0.247 e. The Morgan fingerprint density at radius 1 is 1.38 bits per heavy atom. The molecule has 1 aromatic carbocycles. The molecule has 1 aromatic rings. The van der Waals surface area contributed by atoms with Gasteiger partial charge in [0, 0.05) is 0 Å². The Kier molecular flexibility index (Phi) is 5.15. The number of carbonyl (C=O) groups is 1. The summed E-state index contributed by atoms with van der Waals surface area (Å²) in [4.78, 5) is 11.7. The van der Waals surface area contributed by atoms with E-state index < -0.39 is 5.82 Å². The third-order valence-corrected chi connectivity index (χ3v) is 4.46. The van der Waals surface area contributed by atoms with E-state index in [1.807, 2.05) is 12.5 Å². The van der Waals surface area contributed by atoms with E-state index in [2.05, 4.69) is 5.32 Å². The molecule has 16 heavy (non-hydrogen) atoms.